The fourth-order valence-electron chi connectivity index (χ4n) is 4.08. The van der Waals surface area contributed by atoms with E-state index in [1.807, 2.05) is 55.3 Å². The van der Waals surface area contributed by atoms with Crippen LogP contribution in [0.5, 0.6) is 0 Å². The third-order valence-electron chi connectivity index (χ3n) is 5.84. The molecule has 1 amide bonds. The summed E-state index contributed by atoms with van der Waals surface area (Å²) in [7, 11) is 0. The van der Waals surface area contributed by atoms with Crippen LogP contribution >= 0.6 is 0 Å². The van der Waals surface area contributed by atoms with Gasteiger partial charge in [-0.25, -0.2) is 9.97 Å². The largest absolute Gasteiger partial charge is 0.356 e. The Morgan fingerprint density at radius 3 is 2.70 bits per heavy atom. The molecular formula is C24H28N4O2. The van der Waals surface area contributed by atoms with E-state index in [9.17, 15) is 4.79 Å². The number of hydrogen-bond donors (Lipinski definition) is 0. The van der Waals surface area contributed by atoms with Crippen LogP contribution in [0.15, 0.2) is 41.1 Å². The van der Waals surface area contributed by atoms with Gasteiger partial charge < -0.3 is 9.42 Å². The summed E-state index contributed by atoms with van der Waals surface area (Å²) in [6.45, 7) is 6.77. The van der Waals surface area contributed by atoms with E-state index in [1.165, 1.54) is 0 Å². The second-order valence-electron chi connectivity index (χ2n) is 7.93. The Labute approximate surface area is 177 Å². The molecule has 1 unspecified atom stereocenters. The average Bonchev–Trinajstić information content (AvgIpc) is 3.12. The zero-order chi connectivity index (χ0) is 21.1. The molecule has 1 aliphatic heterocycles. The first-order chi connectivity index (χ1) is 14.6. The first kappa shape index (κ1) is 20.3. The summed E-state index contributed by atoms with van der Waals surface area (Å²) in [4.78, 5) is 24.9. The zero-order valence-corrected chi connectivity index (χ0v) is 17.9. The van der Waals surface area contributed by atoms with Crippen molar-refractivity contribution in [1.82, 2.24) is 20.0 Å². The lowest BCUT2D eigenvalue weighted by Crippen LogP contribution is -2.39. The molecule has 0 saturated carbocycles. The molecule has 1 aromatic carbocycles. The summed E-state index contributed by atoms with van der Waals surface area (Å²) in [5, 5.41) is 4.13. The summed E-state index contributed by atoms with van der Waals surface area (Å²) in [5.41, 5.74) is 4.26. The molecule has 1 fully saturated rings. The van der Waals surface area contributed by atoms with Crippen molar-refractivity contribution >= 4 is 5.91 Å². The Hall–Kier alpha value is -3.02. The number of carbonyl (C=O) groups is 1. The van der Waals surface area contributed by atoms with Gasteiger partial charge >= 0.3 is 0 Å². The molecule has 156 valence electrons. The molecule has 3 aromatic rings. The second kappa shape index (κ2) is 8.78. The molecule has 3 heterocycles. The molecule has 6 heteroatoms. The van der Waals surface area contributed by atoms with Crippen LogP contribution in [0.4, 0.5) is 0 Å². The minimum absolute atomic E-state index is 0.0485. The van der Waals surface area contributed by atoms with Crippen LogP contribution in [0.2, 0.25) is 0 Å². The van der Waals surface area contributed by atoms with Gasteiger partial charge in [-0.15, -0.1) is 0 Å². The van der Waals surface area contributed by atoms with Gasteiger partial charge in [0.2, 0.25) is 0 Å². The molecule has 0 N–H and O–H groups in total. The van der Waals surface area contributed by atoms with Crippen molar-refractivity contribution in [2.75, 3.05) is 6.54 Å². The van der Waals surface area contributed by atoms with Gasteiger partial charge in [0.1, 0.15) is 5.82 Å². The van der Waals surface area contributed by atoms with E-state index in [1.54, 1.807) is 0 Å². The fourth-order valence-corrected chi connectivity index (χ4v) is 4.08. The Bertz CT molecular complexity index is 1030. The molecule has 0 radical (unpaired) electrons. The topological polar surface area (TPSA) is 72.1 Å². The average molecular weight is 405 g/mol. The smallest absolute Gasteiger partial charge is 0.254 e. The van der Waals surface area contributed by atoms with Crippen molar-refractivity contribution in [2.45, 2.75) is 58.9 Å². The normalized spacial score (nSPS) is 16.6. The number of piperidine rings is 1. The highest BCUT2D eigenvalue weighted by Crippen LogP contribution is 2.38. The molecule has 1 saturated heterocycles. The van der Waals surface area contributed by atoms with E-state index in [0.29, 0.717) is 11.3 Å². The van der Waals surface area contributed by atoms with Gasteiger partial charge in [0.15, 0.2) is 5.76 Å². The van der Waals surface area contributed by atoms with Crippen molar-refractivity contribution in [3.05, 3.63) is 64.9 Å². The monoisotopic (exact) mass is 404 g/mol. The van der Waals surface area contributed by atoms with Gasteiger partial charge in [-0.2, -0.15) is 0 Å². The number of carbonyl (C=O) groups excluding carboxylic acids is 1. The van der Waals surface area contributed by atoms with Crippen molar-refractivity contribution in [1.29, 1.82) is 0 Å². The van der Waals surface area contributed by atoms with Crippen LogP contribution in [-0.2, 0) is 6.42 Å². The van der Waals surface area contributed by atoms with Gasteiger partial charge in [-0.1, -0.05) is 30.3 Å². The Morgan fingerprint density at radius 2 is 2.00 bits per heavy atom. The summed E-state index contributed by atoms with van der Waals surface area (Å²) >= 11 is 0. The van der Waals surface area contributed by atoms with Gasteiger partial charge in [-0.05, 0) is 51.7 Å². The second-order valence-corrected chi connectivity index (χ2v) is 7.93. The summed E-state index contributed by atoms with van der Waals surface area (Å²) in [6.07, 6.45) is 6.56. The van der Waals surface area contributed by atoms with E-state index >= 15 is 0 Å². The maximum atomic E-state index is 13.4. The number of amides is 1. The Morgan fingerprint density at radius 1 is 1.20 bits per heavy atom. The van der Waals surface area contributed by atoms with Crippen molar-refractivity contribution in [3.63, 3.8) is 0 Å². The highest BCUT2D eigenvalue weighted by molar-refractivity contribution is 5.94. The fraction of sp³-hybridized carbons (Fsp3) is 0.417. The Balaban J connectivity index is 1.80. The van der Waals surface area contributed by atoms with Gasteiger partial charge in [0, 0.05) is 30.3 Å². The van der Waals surface area contributed by atoms with Crippen LogP contribution in [-0.4, -0.2) is 32.5 Å². The molecule has 4 rings (SSSR count). The maximum absolute atomic E-state index is 13.4. The molecule has 0 spiro atoms. The predicted molar refractivity (Wildman–Crippen MR) is 115 cm³/mol. The zero-order valence-electron chi connectivity index (χ0n) is 17.9. The van der Waals surface area contributed by atoms with Crippen LogP contribution in [0.3, 0.4) is 0 Å². The highest BCUT2D eigenvalue weighted by Gasteiger charge is 2.33. The lowest BCUT2D eigenvalue weighted by Gasteiger charge is -2.36. The summed E-state index contributed by atoms with van der Waals surface area (Å²) < 4.78 is 5.66. The van der Waals surface area contributed by atoms with E-state index < -0.39 is 0 Å². The van der Waals surface area contributed by atoms with Crippen LogP contribution in [0.25, 0.3) is 11.3 Å². The first-order valence-corrected chi connectivity index (χ1v) is 10.7. The van der Waals surface area contributed by atoms with E-state index in [2.05, 4.69) is 17.1 Å². The lowest BCUT2D eigenvalue weighted by molar-refractivity contribution is 0.0606. The number of hydrogen-bond acceptors (Lipinski definition) is 5. The van der Waals surface area contributed by atoms with Crippen molar-refractivity contribution < 1.29 is 9.32 Å². The summed E-state index contributed by atoms with van der Waals surface area (Å²) in [5.74, 6) is 1.55. The van der Waals surface area contributed by atoms with Gasteiger partial charge in [-0.3, -0.25) is 4.79 Å². The van der Waals surface area contributed by atoms with E-state index in [0.717, 1.165) is 67.0 Å². The Kier molecular flexibility index (Phi) is 5.93. The van der Waals surface area contributed by atoms with E-state index in [4.69, 9.17) is 9.51 Å². The SMILES string of the molecule is CCCc1ncc(-c2onc(C)c2C)c(C2CCCCN2C(=O)c2ccccc2)n1. The number of benzene rings is 1. The summed E-state index contributed by atoms with van der Waals surface area (Å²) in [6, 6.07) is 9.39. The highest BCUT2D eigenvalue weighted by atomic mass is 16.5. The van der Waals surface area contributed by atoms with Crippen molar-refractivity contribution in [2.24, 2.45) is 0 Å². The molecule has 0 aliphatic carbocycles. The van der Waals surface area contributed by atoms with Crippen LogP contribution in [0.1, 0.15) is 71.8 Å². The van der Waals surface area contributed by atoms with E-state index in [-0.39, 0.29) is 11.9 Å². The van der Waals surface area contributed by atoms with Crippen LogP contribution in [0, 0.1) is 13.8 Å². The maximum Gasteiger partial charge on any atom is 0.254 e. The lowest BCUT2D eigenvalue weighted by atomic mass is 9.94. The van der Waals surface area contributed by atoms with Gasteiger partial charge in [0.05, 0.1) is 23.0 Å². The number of aryl methyl sites for hydroxylation is 2. The molecule has 1 aliphatic rings. The molecule has 6 nitrogen and oxygen atoms in total. The molecule has 30 heavy (non-hydrogen) atoms. The molecule has 2 aromatic heterocycles. The number of likely N-dealkylation sites (tertiary alicyclic amines) is 1. The quantitative estimate of drug-likeness (QED) is 0.594. The number of aromatic nitrogens is 3. The molecular weight excluding hydrogens is 376 g/mol. The standard InChI is InChI=1S/C24H28N4O2/c1-4-10-21-25-15-19(23-16(2)17(3)27-30-23)22(26-21)20-13-8-9-14-28(20)24(29)18-11-6-5-7-12-18/h5-7,11-12,15,20H,4,8-10,13-14H2,1-3H3. The molecule has 0 bridgehead atoms. The van der Waals surface area contributed by atoms with Crippen molar-refractivity contribution in [3.8, 4) is 11.3 Å². The minimum atomic E-state index is -0.107. The first-order valence-electron chi connectivity index (χ1n) is 10.7. The minimum Gasteiger partial charge on any atom is -0.356 e. The van der Waals surface area contributed by atoms with Crippen LogP contribution < -0.4 is 0 Å². The third kappa shape index (κ3) is 3.86. The number of nitrogens with zero attached hydrogens (tertiary/aromatic N) is 4. The predicted octanol–water partition coefficient (Wildman–Crippen LogP) is 5.07. The van der Waals surface area contributed by atoms with Gasteiger partial charge in [0.25, 0.3) is 5.91 Å². The molecule has 1 atom stereocenters. The number of rotatable bonds is 5. The third-order valence-corrected chi connectivity index (χ3v) is 5.84.